The van der Waals surface area contributed by atoms with E-state index in [9.17, 15) is 5.11 Å². The summed E-state index contributed by atoms with van der Waals surface area (Å²) in [5.74, 6) is 0.562. The number of rotatable bonds is 6. The Morgan fingerprint density at radius 3 is 2.94 bits per heavy atom. The number of aliphatic hydroxyl groups is 1. The van der Waals surface area contributed by atoms with E-state index in [0.717, 1.165) is 24.0 Å². The average molecular weight is 269 g/mol. The molecule has 0 fully saturated rings. The summed E-state index contributed by atoms with van der Waals surface area (Å²) in [4.78, 5) is 0. The van der Waals surface area contributed by atoms with E-state index in [0.29, 0.717) is 23.8 Å². The lowest BCUT2D eigenvalue weighted by Crippen LogP contribution is -2.03. The molecule has 0 aliphatic carbocycles. The van der Waals surface area contributed by atoms with Gasteiger partial charge in [-0.15, -0.1) is 0 Å². The summed E-state index contributed by atoms with van der Waals surface area (Å²) in [5, 5.41) is 11.6. The maximum Gasteiger partial charge on any atom is 0.134 e. The van der Waals surface area contributed by atoms with Crippen molar-refractivity contribution >= 4 is 22.6 Å². The molecule has 0 saturated heterocycles. The Kier molecular flexibility index (Phi) is 4.64. The van der Waals surface area contributed by atoms with Gasteiger partial charge in [-0.25, -0.2) is 0 Å². The molecule has 1 heterocycles. The maximum atomic E-state index is 9.98. The summed E-state index contributed by atoms with van der Waals surface area (Å²) in [6.45, 7) is 3.31. The van der Waals surface area contributed by atoms with E-state index >= 15 is 0 Å². The number of fused-ring (bicyclic) bond motifs is 1. The van der Waals surface area contributed by atoms with Crippen molar-refractivity contribution in [2.75, 3.05) is 13.2 Å². The molecule has 2 rings (SSSR count). The van der Waals surface area contributed by atoms with Gasteiger partial charge >= 0.3 is 0 Å². The second-order valence-electron chi connectivity index (χ2n) is 4.25. The SMILES string of the molecule is CCCOCCC(O)c1cc2cc(Cl)ccc2o1. The molecular formula is C14H17ClO3. The van der Waals surface area contributed by atoms with Gasteiger partial charge in [-0.1, -0.05) is 18.5 Å². The molecule has 98 valence electrons. The Balaban J connectivity index is 2.01. The number of aliphatic hydroxyl groups excluding tert-OH is 1. The number of halogens is 1. The van der Waals surface area contributed by atoms with Crippen LogP contribution in [0.2, 0.25) is 5.02 Å². The number of ether oxygens (including phenoxy) is 1. The summed E-state index contributed by atoms with van der Waals surface area (Å²) in [6.07, 6.45) is 0.889. The van der Waals surface area contributed by atoms with E-state index in [2.05, 4.69) is 6.92 Å². The van der Waals surface area contributed by atoms with E-state index in [1.54, 1.807) is 6.07 Å². The van der Waals surface area contributed by atoms with Crippen LogP contribution in [0.25, 0.3) is 11.0 Å². The van der Waals surface area contributed by atoms with Gasteiger partial charge in [0.15, 0.2) is 0 Å². The first-order valence-electron chi connectivity index (χ1n) is 6.15. The lowest BCUT2D eigenvalue weighted by Gasteiger charge is -2.07. The summed E-state index contributed by atoms with van der Waals surface area (Å²) in [6, 6.07) is 7.23. The Morgan fingerprint density at radius 1 is 1.33 bits per heavy atom. The van der Waals surface area contributed by atoms with Crippen LogP contribution in [0.5, 0.6) is 0 Å². The first kappa shape index (κ1) is 13.4. The highest BCUT2D eigenvalue weighted by molar-refractivity contribution is 6.31. The van der Waals surface area contributed by atoms with Crippen molar-refractivity contribution in [2.24, 2.45) is 0 Å². The Hall–Kier alpha value is -1.03. The summed E-state index contributed by atoms with van der Waals surface area (Å²) in [7, 11) is 0. The van der Waals surface area contributed by atoms with Gasteiger partial charge in [0.2, 0.25) is 0 Å². The quantitative estimate of drug-likeness (QED) is 0.807. The number of benzene rings is 1. The molecule has 1 aromatic carbocycles. The highest BCUT2D eigenvalue weighted by Crippen LogP contribution is 2.27. The fourth-order valence-electron chi connectivity index (χ4n) is 1.78. The molecule has 18 heavy (non-hydrogen) atoms. The van der Waals surface area contributed by atoms with Crippen LogP contribution in [-0.2, 0) is 4.74 Å². The van der Waals surface area contributed by atoms with Crippen LogP contribution in [-0.4, -0.2) is 18.3 Å². The Bertz CT molecular complexity index is 507. The van der Waals surface area contributed by atoms with Gasteiger partial charge in [-0.3, -0.25) is 0 Å². The number of hydrogen-bond donors (Lipinski definition) is 1. The van der Waals surface area contributed by atoms with Gasteiger partial charge < -0.3 is 14.3 Å². The number of furan rings is 1. The largest absolute Gasteiger partial charge is 0.458 e. The van der Waals surface area contributed by atoms with Gasteiger partial charge in [-0.05, 0) is 30.7 Å². The van der Waals surface area contributed by atoms with Gasteiger partial charge in [0.1, 0.15) is 17.4 Å². The molecule has 0 saturated carbocycles. The number of hydrogen-bond acceptors (Lipinski definition) is 3. The monoisotopic (exact) mass is 268 g/mol. The van der Waals surface area contributed by atoms with Crippen molar-refractivity contribution in [1.29, 1.82) is 0 Å². The van der Waals surface area contributed by atoms with Gasteiger partial charge in [-0.2, -0.15) is 0 Å². The highest BCUT2D eigenvalue weighted by atomic mass is 35.5. The molecule has 0 spiro atoms. The maximum absolute atomic E-state index is 9.98. The average Bonchev–Trinajstić information content (AvgIpc) is 2.77. The van der Waals surface area contributed by atoms with Crippen LogP contribution in [0.3, 0.4) is 0 Å². The lowest BCUT2D eigenvalue weighted by atomic mass is 10.2. The van der Waals surface area contributed by atoms with Crippen LogP contribution < -0.4 is 0 Å². The standard InChI is InChI=1S/C14H17ClO3/c1-2-6-17-7-5-12(16)14-9-10-8-11(15)3-4-13(10)18-14/h3-4,8-9,12,16H,2,5-7H2,1H3. The first-order valence-corrected chi connectivity index (χ1v) is 6.53. The molecule has 0 aliphatic rings. The molecule has 0 bridgehead atoms. The van der Waals surface area contributed by atoms with Crippen LogP contribution in [0.1, 0.15) is 31.6 Å². The molecule has 1 unspecified atom stereocenters. The van der Waals surface area contributed by atoms with Gasteiger partial charge in [0.25, 0.3) is 0 Å². The van der Waals surface area contributed by atoms with E-state index in [-0.39, 0.29) is 0 Å². The van der Waals surface area contributed by atoms with Crippen molar-refractivity contribution < 1.29 is 14.3 Å². The first-order chi connectivity index (χ1) is 8.70. The van der Waals surface area contributed by atoms with Crippen LogP contribution in [0.15, 0.2) is 28.7 Å². The zero-order chi connectivity index (χ0) is 13.0. The molecule has 1 atom stereocenters. The third kappa shape index (κ3) is 3.25. The highest BCUT2D eigenvalue weighted by Gasteiger charge is 2.13. The van der Waals surface area contributed by atoms with Gasteiger partial charge in [0, 0.05) is 30.0 Å². The lowest BCUT2D eigenvalue weighted by molar-refractivity contribution is 0.0727. The van der Waals surface area contributed by atoms with E-state index in [4.69, 9.17) is 20.8 Å². The minimum absolute atomic E-state index is 0.535. The van der Waals surface area contributed by atoms with Crippen molar-refractivity contribution in [3.8, 4) is 0 Å². The van der Waals surface area contributed by atoms with Crippen molar-refractivity contribution in [3.05, 3.63) is 35.0 Å². The predicted molar refractivity (Wildman–Crippen MR) is 71.9 cm³/mol. The Labute approximate surface area is 111 Å². The van der Waals surface area contributed by atoms with Crippen LogP contribution in [0.4, 0.5) is 0 Å². The molecule has 4 heteroatoms. The minimum atomic E-state index is -0.631. The second-order valence-corrected chi connectivity index (χ2v) is 4.68. The third-order valence-electron chi connectivity index (χ3n) is 2.71. The zero-order valence-corrected chi connectivity index (χ0v) is 11.1. The molecular weight excluding hydrogens is 252 g/mol. The smallest absolute Gasteiger partial charge is 0.134 e. The fraction of sp³-hybridized carbons (Fsp3) is 0.429. The predicted octanol–water partition coefficient (Wildman–Crippen LogP) is 3.94. The normalized spacial score (nSPS) is 13.1. The van der Waals surface area contributed by atoms with Gasteiger partial charge in [0.05, 0.1) is 0 Å². The summed E-state index contributed by atoms with van der Waals surface area (Å²) >= 11 is 5.90. The molecule has 0 amide bonds. The fourth-order valence-corrected chi connectivity index (χ4v) is 1.96. The molecule has 1 N–H and O–H groups in total. The Morgan fingerprint density at radius 2 is 2.17 bits per heavy atom. The van der Waals surface area contributed by atoms with Crippen LogP contribution in [0, 0.1) is 0 Å². The van der Waals surface area contributed by atoms with Crippen molar-refractivity contribution in [2.45, 2.75) is 25.9 Å². The molecule has 0 radical (unpaired) electrons. The summed E-state index contributed by atoms with van der Waals surface area (Å²) < 4.78 is 10.9. The van der Waals surface area contributed by atoms with Crippen molar-refractivity contribution in [3.63, 3.8) is 0 Å². The molecule has 1 aromatic heterocycles. The van der Waals surface area contributed by atoms with E-state index < -0.39 is 6.10 Å². The van der Waals surface area contributed by atoms with Crippen molar-refractivity contribution in [1.82, 2.24) is 0 Å². The third-order valence-corrected chi connectivity index (χ3v) is 2.95. The molecule has 0 aliphatic heterocycles. The van der Waals surface area contributed by atoms with Crippen LogP contribution >= 0.6 is 11.6 Å². The molecule has 2 aromatic rings. The van der Waals surface area contributed by atoms with E-state index in [1.807, 2.05) is 18.2 Å². The minimum Gasteiger partial charge on any atom is -0.458 e. The van der Waals surface area contributed by atoms with E-state index in [1.165, 1.54) is 0 Å². The summed E-state index contributed by atoms with van der Waals surface area (Å²) in [5.41, 5.74) is 0.739. The second kappa shape index (κ2) is 6.23. The zero-order valence-electron chi connectivity index (χ0n) is 10.4. The molecule has 3 nitrogen and oxygen atoms in total. The topological polar surface area (TPSA) is 42.6 Å².